The van der Waals surface area contributed by atoms with Gasteiger partial charge in [-0.05, 0) is 48.8 Å². The van der Waals surface area contributed by atoms with Crippen molar-refractivity contribution in [2.45, 2.75) is 63.6 Å². The van der Waals surface area contributed by atoms with E-state index in [2.05, 4.69) is 35.8 Å². The first-order valence-corrected chi connectivity index (χ1v) is 9.05. The van der Waals surface area contributed by atoms with Crippen molar-refractivity contribution < 1.29 is 9.53 Å². The number of benzene rings is 1. The minimum atomic E-state index is 0.225. The highest BCUT2D eigenvalue weighted by molar-refractivity contribution is 5.77. The number of rotatable bonds is 5. The summed E-state index contributed by atoms with van der Waals surface area (Å²) >= 11 is 0. The lowest BCUT2D eigenvalue weighted by atomic mass is 9.91. The highest BCUT2D eigenvalue weighted by Crippen LogP contribution is 2.37. The van der Waals surface area contributed by atoms with Gasteiger partial charge in [-0.15, -0.1) is 0 Å². The highest BCUT2D eigenvalue weighted by atomic mass is 16.5. The molecule has 0 spiro atoms. The van der Waals surface area contributed by atoms with Crippen LogP contribution < -0.4 is 15.4 Å². The first-order valence-electron chi connectivity index (χ1n) is 9.05. The minimum absolute atomic E-state index is 0.225. The molecule has 23 heavy (non-hydrogen) atoms. The molecular formula is C19H26N2O2. The van der Waals surface area contributed by atoms with E-state index in [0.717, 1.165) is 31.6 Å². The van der Waals surface area contributed by atoms with E-state index < -0.39 is 0 Å². The van der Waals surface area contributed by atoms with E-state index in [0.29, 0.717) is 30.5 Å². The topological polar surface area (TPSA) is 50.4 Å². The molecule has 124 valence electrons. The van der Waals surface area contributed by atoms with E-state index in [1.807, 2.05) is 0 Å². The summed E-state index contributed by atoms with van der Waals surface area (Å²) in [5, 5.41) is 7.08. The molecule has 3 aliphatic rings. The first-order chi connectivity index (χ1) is 11.2. The molecular weight excluding hydrogens is 288 g/mol. The van der Waals surface area contributed by atoms with Gasteiger partial charge < -0.3 is 15.4 Å². The van der Waals surface area contributed by atoms with Crippen LogP contribution in [0, 0.1) is 5.92 Å². The quantitative estimate of drug-likeness (QED) is 0.878. The number of carbonyl (C=O) groups is 1. The third-order valence-corrected chi connectivity index (χ3v) is 5.51. The lowest BCUT2D eigenvalue weighted by Crippen LogP contribution is -2.55. The third kappa shape index (κ3) is 3.09. The number of piperidine rings is 1. The highest BCUT2D eigenvalue weighted by Gasteiger charge is 2.40. The van der Waals surface area contributed by atoms with Gasteiger partial charge in [-0.1, -0.05) is 19.1 Å². The number of nitrogens with one attached hydrogen (secondary N) is 2. The number of hydrogen-bond donors (Lipinski definition) is 2. The molecule has 4 heteroatoms. The standard InChI is InChI=1S/C19H26N2O2/c1-2-15(13-5-7-17-14(11-13)9-10-23-17)20-16-6-8-18(22)21-19(16)12-3-4-12/h5,7,11-12,15-16,19-20H,2-4,6,8-10H2,1H3,(H,21,22)/t15-,16-,19+/m0/s1. The van der Waals surface area contributed by atoms with Crippen LogP contribution >= 0.6 is 0 Å². The van der Waals surface area contributed by atoms with Crippen LogP contribution in [0.25, 0.3) is 0 Å². The Kier molecular flexibility index (Phi) is 4.02. The summed E-state index contributed by atoms with van der Waals surface area (Å²) in [6.07, 6.45) is 6.20. The van der Waals surface area contributed by atoms with Crippen molar-refractivity contribution in [1.29, 1.82) is 0 Å². The molecule has 2 fully saturated rings. The molecule has 1 saturated carbocycles. The van der Waals surface area contributed by atoms with Gasteiger partial charge in [0, 0.05) is 31.0 Å². The monoisotopic (exact) mass is 314 g/mol. The van der Waals surface area contributed by atoms with E-state index in [1.54, 1.807) is 0 Å². The SMILES string of the molecule is CC[C@H](N[C@H]1CCC(=O)N[C@@H]1C1CC1)c1ccc2c(c1)CCO2. The Labute approximate surface area is 138 Å². The van der Waals surface area contributed by atoms with Gasteiger partial charge in [0.2, 0.25) is 5.91 Å². The average molecular weight is 314 g/mol. The van der Waals surface area contributed by atoms with Gasteiger partial charge in [-0.3, -0.25) is 4.79 Å². The second kappa shape index (κ2) is 6.16. The van der Waals surface area contributed by atoms with Crippen molar-refractivity contribution in [3.63, 3.8) is 0 Å². The summed E-state index contributed by atoms with van der Waals surface area (Å²) in [6.45, 7) is 3.04. The molecule has 3 atom stereocenters. The smallest absolute Gasteiger partial charge is 0.220 e. The van der Waals surface area contributed by atoms with Gasteiger partial charge in [-0.25, -0.2) is 0 Å². The van der Waals surface area contributed by atoms with Gasteiger partial charge in [0.25, 0.3) is 0 Å². The molecule has 2 N–H and O–H groups in total. The van der Waals surface area contributed by atoms with Crippen LogP contribution in [0.15, 0.2) is 18.2 Å². The van der Waals surface area contributed by atoms with Crippen molar-refractivity contribution in [2.24, 2.45) is 5.92 Å². The molecule has 0 bridgehead atoms. The maximum atomic E-state index is 11.8. The summed E-state index contributed by atoms with van der Waals surface area (Å²) in [5.74, 6) is 1.95. The Morgan fingerprint density at radius 2 is 2.17 bits per heavy atom. The molecule has 4 nitrogen and oxygen atoms in total. The number of ether oxygens (including phenoxy) is 1. The number of hydrogen-bond acceptors (Lipinski definition) is 3. The summed E-state index contributed by atoms with van der Waals surface area (Å²) < 4.78 is 5.62. The lowest BCUT2D eigenvalue weighted by Gasteiger charge is -2.36. The van der Waals surface area contributed by atoms with E-state index in [4.69, 9.17) is 4.74 Å². The lowest BCUT2D eigenvalue weighted by molar-refractivity contribution is -0.124. The molecule has 0 radical (unpaired) electrons. The maximum absolute atomic E-state index is 11.8. The minimum Gasteiger partial charge on any atom is -0.493 e. The van der Waals surface area contributed by atoms with E-state index in [9.17, 15) is 4.79 Å². The van der Waals surface area contributed by atoms with Crippen molar-refractivity contribution in [1.82, 2.24) is 10.6 Å². The van der Waals surface area contributed by atoms with Crippen molar-refractivity contribution >= 4 is 5.91 Å². The maximum Gasteiger partial charge on any atom is 0.220 e. The number of carbonyl (C=O) groups excluding carboxylic acids is 1. The summed E-state index contributed by atoms with van der Waals surface area (Å²) in [4.78, 5) is 11.8. The van der Waals surface area contributed by atoms with Crippen LogP contribution in [0.3, 0.4) is 0 Å². The molecule has 2 aliphatic heterocycles. The van der Waals surface area contributed by atoms with Gasteiger partial charge in [-0.2, -0.15) is 0 Å². The largest absolute Gasteiger partial charge is 0.493 e. The van der Waals surface area contributed by atoms with Crippen molar-refractivity contribution in [3.8, 4) is 5.75 Å². The summed E-state index contributed by atoms with van der Waals surface area (Å²) in [6, 6.07) is 7.68. The average Bonchev–Trinajstić information content (AvgIpc) is 3.30. The Hall–Kier alpha value is -1.55. The molecule has 0 unspecified atom stereocenters. The molecule has 0 aromatic heterocycles. The van der Waals surface area contributed by atoms with Crippen LogP contribution in [0.4, 0.5) is 0 Å². The van der Waals surface area contributed by atoms with Crippen LogP contribution in [0.1, 0.15) is 56.2 Å². The summed E-state index contributed by atoms with van der Waals surface area (Å²) in [5.41, 5.74) is 2.68. The Morgan fingerprint density at radius 1 is 1.30 bits per heavy atom. The Morgan fingerprint density at radius 3 is 2.96 bits per heavy atom. The number of fused-ring (bicyclic) bond motifs is 1. The van der Waals surface area contributed by atoms with E-state index >= 15 is 0 Å². The summed E-state index contributed by atoms with van der Waals surface area (Å²) in [7, 11) is 0. The fourth-order valence-electron chi connectivity index (χ4n) is 4.04. The fraction of sp³-hybridized carbons (Fsp3) is 0.632. The second-order valence-electron chi connectivity index (χ2n) is 7.17. The molecule has 1 saturated heterocycles. The zero-order valence-corrected chi connectivity index (χ0v) is 13.8. The van der Waals surface area contributed by atoms with E-state index in [1.165, 1.54) is 24.0 Å². The van der Waals surface area contributed by atoms with Gasteiger partial charge in [0.1, 0.15) is 5.75 Å². The zero-order chi connectivity index (χ0) is 15.8. The molecule has 4 rings (SSSR count). The molecule has 1 amide bonds. The van der Waals surface area contributed by atoms with Crippen LogP contribution in [0.2, 0.25) is 0 Å². The third-order valence-electron chi connectivity index (χ3n) is 5.51. The molecule has 1 aliphatic carbocycles. The van der Waals surface area contributed by atoms with Crippen molar-refractivity contribution in [3.05, 3.63) is 29.3 Å². The van der Waals surface area contributed by atoms with Crippen LogP contribution in [0.5, 0.6) is 5.75 Å². The van der Waals surface area contributed by atoms with Gasteiger partial charge in [0.15, 0.2) is 0 Å². The second-order valence-corrected chi connectivity index (χ2v) is 7.17. The first kappa shape index (κ1) is 15.0. The van der Waals surface area contributed by atoms with Crippen LogP contribution in [-0.4, -0.2) is 24.6 Å². The molecule has 1 aromatic carbocycles. The van der Waals surface area contributed by atoms with Crippen LogP contribution in [-0.2, 0) is 11.2 Å². The van der Waals surface area contributed by atoms with Gasteiger partial charge in [0.05, 0.1) is 6.61 Å². The Balaban J connectivity index is 1.49. The number of amides is 1. The fourth-order valence-corrected chi connectivity index (χ4v) is 4.04. The van der Waals surface area contributed by atoms with E-state index in [-0.39, 0.29) is 5.91 Å². The normalized spacial score (nSPS) is 28.0. The van der Waals surface area contributed by atoms with Gasteiger partial charge >= 0.3 is 0 Å². The molecule has 2 heterocycles. The van der Waals surface area contributed by atoms with Crippen molar-refractivity contribution in [2.75, 3.05) is 6.61 Å². The molecule has 1 aromatic rings. The predicted octanol–water partition coefficient (Wildman–Crippen LogP) is 2.72. The predicted molar refractivity (Wildman–Crippen MR) is 89.5 cm³/mol. The Bertz CT molecular complexity index is 597. The zero-order valence-electron chi connectivity index (χ0n) is 13.8.